The molecule has 5 atom stereocenters. The van der Waals surface area contributed by atoms with E-state index >= 15 is 0 Å². The highest BCUT2D eigenvalue weighted by molar-refractivity contribution is 5.89. The van der Waals surface area contributed by atoms with Crippen LogP contribution in [0.25, 0.3) is 10.8 Å². The van der Waals surface area contributed by atoms with E-state index in [2.05, 4.69) is 59.4 Å². The van der Waals surface area contributed by atoms with Crippen molar-refractivity contribution in [3.8, 4) is 23.0 Å². The van der Waals surface area contributed by atoms with Crippen molar-refractivity contribution in [3.63, 3.8) is 0 Å². The van der Waals surface area contributed by atoms with Gasteiger partial charge in [-0.05, 0) is 76.4 Å². The topological polar surface area (TPSA) is 123 Å². The number of ether oxygens (including phenoxy) is 2. The predicted octanol–water partition coefficient (Wildman–Crippen LogP) is 8.17. The number of methoxy groups -OCH3 is 2. The third-order valence-corrected chi connectivity index (χ3v) is 11.1. The summed E-state index contributed by atoms with van der Waals surface area (Å²) in [6, 6.07) is 23.4. The Morgan fingerprint density at radius 1 is 0.907 bits per heavy atom. The summed E-state index contributed by atoms with van der Waals surface area (Å²) >= 11 is 0. The van der Waals surface area contributed by atoms with Gasteiger partial charge in [-0.3, -0.25) is 4.79 Å². The number of carbonyl (C=O) groups is 1. The van der Waals surface area contributed by atoms with Gasteiger partial charge in [0.2, 0.25) is 0 Å². The smallest absolute Gasteiger partial charge is 0.176 e. The van der Waals surface area contributed by atoms with Crippen molar-refractivity contribution < 1.29 is 29.6 Å². The number of hydrogen-bond donors (Lipinski definition) is 3. The Bertz CT molecular complexity index is 2220. The molecule has 3 N–H and O–H groups in total. The number of aromatic nitrogens is 1. The second-order valence-corrected chi connectivity index (χ2v) is 14.3. The maximum atomic E-state index is 14.4. The Morgan fingerprint density at radius 3 is 2.48 bits per heavy atom. The van der Waals surface area contributed by atoms with E-state index < -0.39 is 17.9 Å². The van der Waals surface area contributed by atoms with Gasteiger partial charge >= 0.3 is 0 Å². The van der Waals surface area contributed by atoms with Gasteiger partial charge in [0.15, 0.2) is 29.2 Å². The fourth-order valence-corrected chi connectivity index (χ4v) is 8.39. The molecule has 0 saturated carbocycles. The Labute approximate surface area is 316 Å². The maximum absolute atomic E-state index is 14.4. The number of aryl methyl sites for hydroxylation is 1. The zero-order valence-corrected chi connectivity index (χ0v) is 30.9. The van der Waals surface area contributed by atoms with E-state index in [0.29, 0.717) is 30.8 Å². The minimum absolute atomic E-state index is 0.0315. The Morgan fingerprint density at radius 2 is 1.74 bits per heavy atom. The number of aliphatic hydroxyl groups excluding tert-OH is 1. The third kappa shape index (κ3) is 7.39. The highest BCUT2D eigenvalue weighted by Crippen LogP contribution is 2.51. The van der Waals surface area contributed by atoms with Crippen molar-refractivity contribution >= 4 is 22.8 Å². The molecule has 8 nitrogen and oxygen atoms in total. The molecule has 8 heteroatoms. The number of aromatic hydroxyl groups is 2. The summed E-state index contributed by atoms with van der Waals surface area (Å²) in [5.74, 6) is -0.605. The first-order valence-electron chi connectivity index (χ1n) is 18.6. The molecule has 2 heterocycles. The number of aliphatic hydroxyl groups is 1. The Balaban J connectivity index is 1.27. The van der Waals surface area contributed by atoms with Gasteiger partial charge in [-0.25, -0.2) is 0 Å². The first-order chi connectivity index (χ1) is 26.3. The van der Waals surface area contributed by atoms with Gasteiger partial charge in [-0.15, -0.1) is 4.99 Å². The summed E-state index contributed by atoms with van der Waals surface area (Å²) in [5, 5.41) is 35.9. The monoisotopic (exact) mass is 722 g/mol. The highest BCUT2D eigenvalue weighted by Gasteiger charge is 2.38. The van der Waals surface area contributed by atoms with Crippen molar-refractivity contribution in [1.29, 1.82) is 0 Å². The van der Waals surface area contributed by atoms with Crippen molar-refractivity contribution in [3.05, 3.63) is 149 Å². The molecule has 1 aliphatic heterocycles. The standard InChI is InChI=1S/C46H46N2O6/c1-4-31-10-11-32-7-5-6-8-34(32)44(31)37-13-12-35(36-14-16-40(50)46(54-3)45(36)37)38(23-30-18-20-48-27-30)42(52)25-41(51)33(22-29-17-19-47-26-29)21-28-9-15-39(49)43(24-28)53-2/h5-20,24,26-27,33,35,37-38,42,49-50,52H,4,21-23,25H2,1-3H3/t33-,35+,37+,38-,42+/m0/s1. The lowest BCUT2D eigenvalue weighted by Gasteiger charge is -2.36. The molecule has 0 radical (unpaired) electrons. The van der Waals surface area contributed by atoms with E-state index in [1.54, 1.807) is 50.3 Å². The fraction of sp³-hybridized carbons (Fsp3) is 0.283. The van der Waals surface area contributed by atoms with Crippen LogP contribution >= 0.6 is 0 Å². The summed E-state index contributed by atoms with van der Waals surface area (Å²) in [6.45, 7) is 3.87. The zero-order chi connectivity index (χ0) is 37.8. The van der Waals surface area contributed by atoms with Crippen LogP contribution in [0.2, 0.25) is 0 Å². The molecular weight excluding hydrogens is 677 g/mol. The summed E-state index contributed by atoms with van der Waals surface area (Å²) in [7, 11) is 3.08. The largest absolute Gasteiger partial charge is 0.670 e. The lowest BCUT2D eigenvalue weighted by Crippen LogP contribution is -2.34. The van der Waals surface area contributed by atoms with Gasteiger partial charge < -0.3 is 29.8 Å². The van der Waals surface area contributed by atoms with Crippen LogP contribution in [0, 0.1) is 18.4 Å². The normalized spacial score (nSPS) is 17.7. The molecule has 276 valence electrons. The number of Topliss-reactive ketones (excluding diaryl/α,β-unsaturated/α-hetero) is 1. The second-order valence-electron chi connectivity index (χ2n) is 14.3. The summed E-state index contributed by atoms with van der Waals surface area (Å²) in [6.07, 6.45) is 12.7. The van der Waals surface area contributed by atoms with Gasteiger partial charge in [-0.2, -0.15) is 12.4 Å². The van der Waals surface area contributed by atoms with E-state index in [4.69, 9.17) is 9.47 Å². The Hall–Kier alpha value is -5.73. The number of phenols is 2. The minimum atomic E-state index is -1.01. The van der Waals surface area contributed by atoms with Crippen LogP contribution < -0.4 is 14.5 Å². The average molecular weight is 723 g/mol. The summed E-state index contributed by atoms with van der Waals surface area (Å²) < 4.78 is 11.3. The molecule has 0 amide bonds. The van der Waals surface area contributed by atoms with Crippen LogP contribution in [0.4, 0.5) is 0 Å². The van der Waals surface area contributed by atoms with E-state index in [1.165, 1.54) is 18.2 Å². The van der Waals surface area contributed by atoms with Gasteiger partial charge in [0.25, 0.3) is 0 Å². The van der Waals surface area contributed by atoms with E-state index in [0.717, 1.165) is 45.0 Å². The van der Waals surface area contributed by atoms with Crippen molar-refractivity contribution in [1.82, 2.24) is 4.98 Å². The first-order valence-corrected chi connectivity index (χ1v) is 18.6. The number of ketones is 1. The molecule has 1 aliphatic carbocycles. The van der Waals surface area contributed by atoms with Crippen LogP contribution in [0.15, 0.2) is 114 Å². The SMILES string of the molecule is CCc1ccc2ccccc2c1[C@H]1C=C[C@@H]([C@H](Cc2cc[n-]c2)[C@H](O)CC(=O)[C@H](CC2=C[CH+]N=C2)Cc2ccc(O)c(OC)c2)c2ccc(O)c(OC)c21. The molecule has 2 aliphatic rings. The summed E-state index contributed by atoms with van der Waals surface area (Å²) in [4.78, 5) is 22.9. The molecule has 1 aromatic heterocycles. The molecular formula is C46H46N2O6. The fourth-order valence-electron chi connectivity index (χ4n) is 8.39. The summed E-state index contributed by atoms with van der Waals surface area (Å²) in [5.41, 5.74) is 6.93. The van der Waals surface area contributed by atoms with E-state index in [1.807, 2.05) is 30.5 Å². The Kier molecular flexibility index (Phi) is 10.9. The molecule has 4 aromatic carbocycles. The van der Waals surface area contributed by atoms with E-state index in [9.17, 15) is 20.1 Å². The first kappa shape index (κ1) is 36.6. The minimum Gasteiger partial charge on any atom is -0.670 e. The number of fused-ring (bicyclic) bond motifs is 2. The zero-order valence-electron chi connectivity index (χ0n) is 30.9. The van der Waals surface area contributed by atoms with Crippen LogP contribution in [-0.4, -0.2) is 47.6 Å². The molecule has 0 bridgehead atoms. The number of hydrogen-bond acceptors (Lipinski definition) is 7. The van der Waals surface area contributed by atoms with Crippen molar-refractivity contribution in [2.75, 3.05) is 14.2 Å². The molecule has 0 spiro atoms. The molecule has 0 unspecified atom stereocenters. The average Bonchev–Trinajstić information content (AvgIpc) is 3.91. The van der Waals surface area contributed by atoms with Crippen molar-refractivity contribution in [2.45, 2.75) is 57.0 Å². The van der Waals surface area contributed by atoms with Crippen LogP contribution in [0.3, 0.4) is 0 Å². The maximum Gasteiger partial charge on any atom is 0.176 e. The van der Waals surface area contributed by atoms with Crippen LogP contribution in [-0.2, 0) is 24.1 Å². The molecule has 0 saturated heterocycles. The van der Waals surface area contributed by atoms with Gasteiger partial charge in [0, 0.05) is 36.2 Å². The van der Waals surface area contributed by atoms with Crippen molar-refractivity contribution in [2.24, 2.45) is 16.8 Å². The molecule has 5 aromatic rings. The molecule has 54 heavy (non-hydrogen) atoms. The lowest BCUT2D eigenvalue weighted by atomic mass is 9.69. The quantitative estimate of drug-likeness (QED) is 0.0736. The van der Waals surface area contributed by atoms with Gasteiger partial charge in [0.05, 0.1) is 26.4 Å². The number of phenolic OH excluding ortho intramolecular Hbond substituents is 2. The third-order valence-electron chi connectivity index (χ3n) is 11.1. The number of nitrogens with zero attached hydrogens (tertiary/aromatic N) is 2. The second kappa shape index (κ2) is 16.1. The van der Waals surface area contributed by atoms with Crippen LogP contribution in [0.1, 0.15) is 65.0 Å². The molecule has 0 fully saturated rings. The number of aliphatic imine (C=N–C) groups is 1. The number of rotatable bonds is 15. The number of allylic oxidation sites excluding steroid dienone is 3. The number of benzene rings is 4. The van der Waals surface area contributed by atoms with E-state index in [-0.39, 0.29) is 35.5 Å². The predicted molar refractivity (Wildman–Crippen MR) is 212 cm³/mol. The van der Waals surface area contributed by atoms with Crippen LogP contribution in [0.5, 0.6) is 23.0 Å². The van der Waals surface area contributed by atoms with Gasteiger partial charge in [-0.1, -0.05) is 79.2 Å². The number of carbonyl (C=O) groups excluding carboxylic acids is 1. The molecule has 7 rings (SSSR count). The highest BCUT2D eigenvalue weighted by atomic mass is 16.5. The lowest BCUT2D eigenvalue weighted by molar-refractivity contribution is -0.125. The van der Waals surface area contributed by atoms with Gasteiger partial charge in [0.1, 0.15) is 17.9 Å².